The summed E-state index contributed by atoms with van der Waals surface area (Å²) < 4.78 is 11.1. The molecule has 1 aliphatic rings. The number of nitrogens with one attached hydrogen (secondary N) is 1. The van der Waals surface area contributed by atoms with E-state index in [-0.39, 0.29) is 0 Å². The summed E-state index contributed by atoms with van der Waals surface area (Å²) in [6, 6.07) is 2.05. The van der Waals surface area contributed by atoms with Crippen LogP contribution in [0.25, 0.3) is 0 Å². The lowest BCUT2D eigenvalue weighted by Crippen LogP contribution is -2.32. The van der Waals surface area contributed by atoms with Crippen LogP contribution in [0.5, 0.6) is 0 Å². The number of hydrogen-bond donors (Lipinski definition) is 1. The Balaban J connectivity index is 1.59. The summed E-state index contributed by atoms with van der Waals surface area (Å²) in [5.41, 5.74) is 1.17. The SMILES string of the molecule is CNCc1coc(COCCN2CCCCC2)c1. The van der Waals surface area contributed by atoms with Gasteiger partial charge in [0.05, 0.1) is 12.9 Å². The molecule has 1 aromatic heterocycles. The second-order valence-corrected chi connectivity index (χ2v) is 4.91. The lowest BCUT2D eigenvalue weighted by Gasteiger charge is -2.25. The van der Waals surface area contributed by atoms with Gasteiger partial charge in [-0.25, -0.2) is 0 Å². The van der Waals surface area contributed by atoms with Crippen LogP contribution in [0.3, 0.4) is 0 Å². The molecule has 0 radical (unpaired) electrons. The van der Waals surface area contributed by atoms with E-state index < -0.39 is 0 Å². The van der Waals surface area contributed by atoms with Crippen LogP contribution in [-0.2, 0) is 17.9 Å². The van der Waals surface area contributed by atoms with Crippen molar-refractivity contribution in [1.82, 2.24) is 10.2 Å². The average Bonchev–Trinajstić information content (AvgIpc) is 2.84. The summed E-state index contributed by atoms with van der Waals surface area (Å²) in [6.45, 7) is 5.73. The van der Waals surface area contributed by atoms with E-state index in [9.17, 15) is 0 Å². The van der Waals surface area contributed by atoms with Gasteiger partial charge in [0.1, 0.15) is 12.4 Å². The average molecular weight is 252 g/mol. The normalized spacial score (nSPS) is 17.2. The highest BCUT2D eigenvalue weighted by atomic mass is 16.5. The van der Waals surface area contributed by atoms with E-state index in [1.165, 1.54) is 37.9 Å². The molecule has 1 fully saturated rings. The van der Waals surface area contributed by atoms with Gasteiger partial charge >= 0.3 is 0 Å². The highest BCUT2D eigenvalue weighted by Crippen LogP contribution is 2.10. The molecule has 2 heterocycles. The minimum atomic E-state index is 0.581. The third-order valence-corrected chi connectivity index (χ3v) is 3.33. The Morgan fingerprint density at radius 1 is 1.33 bits per heavy atom. The van der Waals surface area contributed by atoms with Crippen LogP contribution in [0.2, 0.25) is 0 Å². The molecule has 1 saturated heterocycles. The molecule has 0 aromatic carbocycles. The molecular weight excluding hydrogens is 228 g/mol. The van der Waals surface area contributed by atoms with Crippen molar-refractivity contribution in [3.63, 3.8) is 0 Å². The molecule has 4 heteroatoms. The predicted octanol–water partition coefficient (Wildman–Crippen LogP) is 2.00. The van der Waals surface area contributed by atoms with Crippen molar-refractivity contribution >= 4 is 0 Å². The second kappa shape index (κ2) is 7.56. The molecule has 0 aliphatic carbocycles. The molecule has 18 heavy (non-hydrogen) atoms. The van der Waals surface area contributed by atoms with Crippen molar-refractivity contribution in [2.45, 2.75) is 32.4 Å². The quantitative estimate of drug-likeness (QED) is 0.753. The molecule has 0 unspecified atom stereocenters. The Morgan fingerprint density at radius 2 is 2.17 bits per heavy atom. The number of nitrogens with zero attached hydrogens (tertiary/aromatic N) is 1. The maximum Gasteiger partial charge on any atom is 0.129 e. The summed E-state index contributed by atoms with van der Waals surface area (Å²) in [7, 11) is 1.93. The van der Waals surface area contributed by atoms with E-state index in [1.807, 2.05) is 7.05 Å². The Morgan fingerprint density at radius 3 is 2.94 bits per heavy atom. The first kappa shape index (κ1) is 13.6. The molecule has 102 valence electrons. The highest BCUT2D eigenvalue weighted by Gasteiger charge is 2.09. The third-order valence-electron chi connectivity index (χ3n) is 3.33. The van der Waals surface area contributed by atoms with Crippen molar-refractivity contribution in [1.29, 1.82) is 0 Å². The Hall–Kier alpha value is -0.840. The second-order valence-electron chi connectivity index (χ2n) is 4.91. The molecule has 0 bridgehead atoms. The Labute approximate surface area is 109 Å². The predicted molar refractivity (Wildman–Crippen MR) is 71.4 cm³/mol. The maximum absolute atomic E-state index is 5.66. The van der Waals surface area contributed by atoms with Crippen molar-refractivity contribution < 1.29 is 9.15 Å². The van der Waals surface area contributed by atoms with Crippen LogP contribution in [0.15, 0.2) is 16.7 Å². The van der Waals surface area contributed by atoms with Crippen LogP contribution >= 0.6 is 0 Å². The van der Waals surface area contributed by atoms with Crippen LogP contribution in [0, 0.1) is 0 Å². The first-order valence-electron chi connectivity index (χ1n) is 6.89. The number of likely N-dealkylation sites (tertiary alicyclic amines) is 1. The lowest BCUT2D eigenvalue weighted by molar-refractivity contribution is 0.0765. The van der Waals surface area contributed by atoms with Gasteiger partial charge in [0.25, 0.3) is 0 Å². The molecule has 0 amide bonds. The maximum atomic E-state index is 5.66. The largest absolute Gasteiger partial charge is 0.467 e. The highest BCUT2D eigenvalue weighted by molar-refractivity contribution is 5.11. The minimum Gasteiger partial charge on any atom is -0.467 e. The van der Waals surface area contributed by atoms with E-state index in [2.05, 4.69) is 16.3 Å². The fraction of sp³-hybridized carbons (Fsp3) is 0.714. The molecule has 0 saturated carbocycles. The molecule has 4 nitrogen and oxygen atoms in total. The number of furan rings is 1. The van der Waals surface area contributed by atoms with Gasteiger partial charge in [-0.05, 0) is 39.0 Å². The number of hydrogen-bond acceptors (Lipinski definition) is 4. The van der Waals surface area contributed by atoms with E-state index in [0.717, 1.165) is 25.5 Å². The fourth-order valence-electron chi connectivity index (χ4n) is 2.35. The first-order chi connectivity index (χ1) is 8.88. The van der Waals surface area contributed by atoms with Crippen molar-refractivity contribution in [2.75, 3.05) is 33.3 Å². The zero-order valence-electron chi connectivity index (χ0n) is 11.3. The smallest absolute Gasteiger partial charge is 0.129 e. The summed E-state index contributed by atoms with van der Waals surface area (Å²) in [6.07, 6.45) is 5.86. The van der Waals surface area contributed by atoms with Gasteiger partial charge in [-0.1, -0.05) is 6.42 Å². The third kappa shape index (κ3) is 4.44. The van der Waals surface area contributed by atoms with Gasteiger partial charge in [0, 0.05) is 18.7 Å². The Kier molecular flexibility index (Phi) is 5.71. The van der Waals surface area contributed by atoms with Crippen LogP contribution in [0.4, 0.5) is 0 Å². The van der Waals surface area contributed by atoms with E-state index >= 15 is 0 Å². The number of rotatable bonds is 7. The first-order valence-corrected chi connectivity index (χ1v) is 6.89. The number of piperidine rings is 1. The number of ether oxygens (including phenoxy) is 1. The molecule has 0 spiro atoms. The van der Waals surface area contributed by atoms with Gasteiger partial charge in [0.2, 0.25) is 0 Å². The van der Waals surface area contributed by atoms with Crippen molar-refractivity contribution in [2.24, 2.45) is 0 Å². The van der Waals surface area contributed by atoms with Crippen LogP contribution < -0.4 is 5.32 Å². The van der Waals surface area contributed by atoms with Crippen LogP contribution in [0.1, 0.15) is 30.6 Å². The molecule has 1 aromatic rings. The lowest BCUT2D eigenvalue weighted by atomic mass is 10.1. The zero-order chi connectivity index (χ0) is 12.6. The summed E-state index contributed by atoms with van der Waals surface area (Å²) >= 11 is 0. The molecule has 1 N–H and O–H groups in total. The standard InChI is InChI=1S/C14H24N2O2/c1-15-10-13-9-14(18-11-13)12-17-8-7-16-5-3-2-4-6-16/h9,11,15H,2-8,10,12H2,1H3. The summed E-state index contributed by atoms with van der Waals surface area (Å²) in [5, 5.41) is 3.10. The van der Waals surface area contributed by atoms with E-state index in [0.29, 0.717) is 6.61 Å². The van der Waals surface area contributed by atoms with Gasteiger partial charge in [-0.15, -0.1) is 0 Å². The van der Waals surface area contributed by atoms with E-state index in [4.69, 9.17) is 9.15 Å². The molecule has 2 rings (SSSR count). The zero-order valence-corrected chi connectivity index (χ0v) is 11.3. The topological polar surface area (TPSA) is 37.6 Å². The summed E-state index contributed by atoms with van der Waals surface area (Å²) in [4.78, 5) is 2.48. The van der Waals surface area contributed by atoms with Gasteiger partial charge < -0.3 is 19.4 Å². The minimum absolute atomic E-state index is 0.581. The van der Waals surface area contributed by atoms with Gasteiger partial charge in [0.15, 0.2) is 0 Å². The molecule has 1 aliphatic heterocycles. The van der Waals surface area contributed by atoms with Crippen molar-refractivity contribution in [3.05, 3.63) is 23.7 Å². The summed E-state index contributed by atoms with van der Waals surface area (Å²) in [5.74, 6) is 0.916. The van der Waals surface area contributed by atoms with Gasteiger partial charge in [-0.3, -0.25) is 0 Å². The fourth-order valence-corrected chi connectivity index (χ4v) is 2.35. The van der Waals surface area contributed by atoms with Crippen LogP contribution in [-0.4, -0.2) is 38.2 Å². The Bertz CT molecular complexity index is 332. The monoisotopic (exact) mass is 252 g/mol. The molecule has 0 atom stereocenters. The van der Waals surface area contributed by atoms with Crippen molar-refractivity contribution in [3.8, 4) is 0 Å². The van der Waals surface area contributed by atoms with Gasteiger partial charge in [-0.2, -0.15) is 0 Å². The molecular formula is C14H24N2O2. The van der Waals surface area contributed by atoms with E-state index in [1.54, 1.807) is 6.26 Å².